The number of nitrogens with one attached hydrogen (secondary N) is 1. The third-order valence-electron chi connectivity index (χ3n) is 7.13. The van der Waals surface area contributed by atoms with Gasteiger partial charge in [-0.25, -0.2) is 9.07 Å². The van der Waals surface area contributed by atoms with E-state index in [1.807, 2.05) is 60.7 Å². The van der Waals surface area contributed by atoms with Gasteiger partial charge in [0.15, 0.2) is 0 Å². The van der Waals surface area contributed by atoms with E-state index in [2.05, 4.69) is 5.32 Å². The lowest BCUT2D eigenvalue weighted by atomic mass is 10.1. The fourth-order valence-corrected chi connectivity index (χ4v) is 5.05. The van der Waals surface area contributed by atoms with Crippen LogP contribution >= 0.6 is 0 Å². The molecule has 8 nitrogen and oxygen atoms in total. The van der Waals surface area contributed by atoms with E-state index in [0.29, 0.717) is 23.6 Å². The quantitative estimate of drug-likeness (QED) is 0.228. The summed E-state index contributed by atoms with van der Waals surface area (Å²) < 4.78 is 21.4. The zero-order chi connectivity index (χ0) is 28.5. The van der Waals surface area contributed by atoms with E-state index in [4.69, 9.17) is 9.84 Å². The van der Waals surface area contributed by atoms with Gasteiger partial charge in [-0.05, 0) is 29.3 Å². The number of halogens is 1. The van der Waals surface area contributed by atoms with Gasteiger partial charge in [-0.1, -0.05) is 54.6 Å². The van der Waals surface area contributed by atoms with Crippen molar-refractivity contribution >= 4 is 17.4 Å². The van der Waals surface area contributed by atoms with Crippen LogP contribution in [-0.2, 0) is 19.6 Å². The summed E-state index contributed by atoms with van der Waals surface area (Å²) >= 11 is 0. The monoisotopic (exact) mass is 550 g/mol. The summed E-state index contributed by atoms with van der Waals surface area (Å²) in [6, 6.07) is 26.4. The molecule has 1 aliphatic rings. The van der Waals surface area contributed by atoms with Gasteiger partial charge in [0.25, 0.3) is 5.91 Å². The van der Waals surface area contributed by atoms with Crippen molar-refractivity contribution in [1.82, 2.24) is 14.7 Å². The van der Waals surface area contributed by atoms with Crippen LogP contribution < -0.4 is 10.1 Å². The molecule has 0 bridgehead atoms. The minimum Gasteiger partial charge on any atom is -0.508 e. The lowest BCUT2D eigenvalue weighted by Gasteiger charge is -2.20. The van der Waals surface area contributed by atoms with E-state index in [1.54, 1.807) is 23.9 Å². The Kier molecular flexibility index (Phi) is 6.76. The zero-order valence-electron chi connectivity index (χ0n) is 22.2. The third kappa shape index (κ3) is 5.17. The van der Waals surface area contributed by atoms with Crippen molar-refractivity contribution in [2.45, 2.75) is 19.6 Å². The molecule has 9 heteroatoms. The maximum Gasteiger partial charge on any atom is 0.260 e. The topological polar surface area (TPSA) is 99.9 Å². The lowest BCUT2D eigenvalue weighted by molar-refractivity contribution is 0.0748. The predicted octanol–water partition coefficient (Wildman–Crippen LogP) is 6.06. The van der Waals surface area contributed by atoms with E-state index >= 15 is 0 Å². The normalized spacial score (nSPS) is 12.3. The first-order valence-corrected chi connectivity index (χ1v) is 13.0. The molecule has 0 spiro atoms. The van der Waals surface area contributed by atoms with Gasteiger partial charge in [0.1, 0.15) is 34.4 Å². The van der Waals surface area contributed by atoms with Gasteiger partial charge in [-0.15, -0.1) is 0 Å². The van der Waals surface area contributed by atoms with E-state index in [1.165, 1.54) is 17.0 Å². The molecule has 0 saturated heterocycles. The number of methoxy groups -OCH3 is 1. The van der Waals surface area contributed by atoms with Crippen LogP contribution in [0.25, 0.3) is 11.3 Å². The molecule has 41 heavy (non-hydrogen) atoms. The number of hydrogen-bond donors (Lipinski definition) is 3. The van der Waals surface area contributed by atoms with Crippen LogP contribution in [0.2, 0.25) is 0 Å². The molecule has 0 saturated carbocycles. The summed E-state index contributed by atoms with van der Waals surface area (Å²) in [6.07, 6.45) is 0. The fourth-order valence-electron chi connectivity index (χ4n) is 5.05. The number of hydrogen-bond acceptors (Lipinski definition) is 6. The Labute approximate surface area is 235 Å². The smallest absolute Gasteiger partial charge is 0.260 e. The van der Waals surface area contributed by atoms with Crippen LogP contribution in [0.15, 0.2) is 91.0 Å². The van der Waals surface area contributed by atoms with Gasteiger partial charge >= 0.3 is 0 Å². The lowest BCUT2D eigenvalue weighted by Crippen LogP contribution is -2.26. The molecule has 1 aromatic heterocycles. The summed E-state index contributed by atoms with van der Waals surface area (Å²) in [4.78, 5) is 15.2. The maximum absolute atomic E-state index is 14.4. The second-order valence-electron chi connectivity index (χ2n) is 9.84. The SMILES string of the molecule is COc1ccc(Cn2nc(-c3ccccc3)cc2Nc2cc(O)cc(O)c2C(=O)N2Cc3cccc(F)c3C2)cc1. The summed E-state index contributed by atoms with van der Waals surface area (Å²) in [6.45, 7) is 0.682. The second-order valence-corrected chi connectivity index (χ2v) is 9.84. The Balaban J connectivity index is 1.37. The summed E-state index contributed by atoms with van der Waals surface area (Å²) in [5.74, 6) is -0.207. The molecule has 0 atom stereocenters. The minimum atomic E-state index is -0.495. The molecule has 0 fully saturated rings. The van der Waals surface area contributed by atoms with E-state index in [-0.39, 0.29) is 35.9 Å². The molecule has 6 rings (SSSR count). The number of ether oxygens (including phenoxy) is 1. The molecule has 2 heterocycles. The van der Waals surface area contributed by atoms with Gasteiger partial charge in [-0.3, -0.25) is 4.79 Å². The fraction of sp³-hybridized carbons (Fsp3) is 0.125. The number of nitrogens with zero attached hydrogens (tertiary/aromatic N) is 3. The molecule has 5 aromatic rings. The number of anilines is 2. The van der Waals surface area contributed by atoms with Gasteiger partial charge in [0.05, 0.1) is 25.0 Å². The average molecular weight is 551 g/mol. The Morgan fingerprint density at radius 3 is 2.49 bits per heavy atom. The molecule has 4 aromatic carbocycles. The summed E-state index contributed by atoms with van der Waals surface area (Å²) in [7, 11) is 1.61. The number of carbonyl (C=O) groups excluding carboxylic acids is 1. The number of phenolic OH excluding ortho intramolecular Hbond substituents is 2. The zero-order valence-corrected chi connectivity index (χ0v) is 22.2. The molecular formula is C32H27FN4O4. The van der Waals surface area contributed by atoms with Crippen molar-refractivity contribution in [1.29, 1.82) is 0 Å². The first kappa shape index (κ1) is 25.9. The highest BCUT2D eigenvalue weighted by Gasteiger charge is 2.30. The van der Waals surface area contributed by atoms with Gasteiger partial charge in [0, 0.05) is 42.4 Å². The van der Waals surface area contributed by atoms with Crippen molar-refractivity contribution in [2.75, 3.05) is 12.4 Å². The summed E-state index contributed by atoms with van der Waals surface area (Å²) in [5.41, 5.74) is 3.90. The Bertz CT molecular complexity index is 1740. The highest BCUT2D eigenvalue weighted by atomic mass is 19.1. The van der Waals surface area contributed by atoms with Gasteiger partial charge < -0.3 is 25.2 Å². The Hall–Kier alpha value is -5.31. The van der Waals surface area contributed by atoms with Gasteiger partial charge in [0.2, 0.25) is 0 Å². The van der Waals surface area contributed by atoms with E-state index in [0.717, 1.165) is 28.5 Å². The number of amides is 1. The second kappa shape index (κ2) is 10.7. The summed E-state index contributed by atoms with van der Waals surface area (Å²) in [5, 5.41) is 29.2. The number of carbonyl (C=O) groups is 1. The molecule has 3 N–H and O–H groups in total. The van der Waals surface area contributed by atoms with Crippen LogP contribution in [0.4, 0.5) is 15.9 Å². The van der Waals surface area contributed by atoms with E-state index in [9.17, 15) is 19.4 Å². The largest absolute Gasteiger partial charge is 0.508 e. The molecular weight excluding hydrogens is 523 g/mol. The van der Waals surface area contributed by atoms with Gasteiger partial charge in [-0.2, -0.15) is 5.10 Å². The highest BCUT2D eigenvalue weighted by Crippen LogP contribution is 2.37. The minimum absolute atomic E-state index is 0.0329. The standard InChI is InChI=1S/C32H27FN4O4/c1-41-24-12-10-20(11-13-24)17-37-30(16-27(35-37)21-6-3-2-4-7-21)34-28-14-23(38)15-29(39)31(28)32(40)36-18-22-8-5-9-26(33)25(22)19-36/h2-16,34,38-39H,17-19H2,1H3. The van der Waals surface area contributed by atoms with Crippen molar-refractivity contribution < 1.29 is 24.1 Å². The molecule has 0 radical (unpaired) electrons. The first-order chi connectivity index (χ1) is 19.9. The van der Waals surface area contributed by atoms with E-state index < -0.39 is 11.7 Å². The average Bonchev–Trinajstić information content (AvgIpc) is 3.59. The maximum atomic E-state index is 14.4. The van der Waals surface area contributed by atoms with Crippen LogP contribution in [0.5, 0.6) is 17.2 Å². The molecule has 1 aliphatic heterocycles. The number of aromatic nitrogens is 2. The number of rotatable bonds is 7. The van der Waals surface area contributed by atoms with Crippen molar-refractivity contribution in [3.05, 3.63) is 119 Å². The number of benzene rings is 4. The van der Waals surface area contributed by atoms with Crippen LogP contribution in [0.3, 0.4) is 0 Å². The van der Waals surface area contributed by atoms with Crippen molar-refractivity contribution in [2.24, 2.45) is 0 Å². The first-order valence-electron chi connectivity index (χ1n) is 13.0. The molecule has 206 valence electrons. The van der Waals surface area contributed by atoms with Crippen LogP contribution in [0.1, 0.15) is 27.0 Å². The Morgan fingerprint density at radius 1 is 0.976 bits per heavy atom. The number of phenols is 2. The third-order valence-corrected chi connectivity index (χ3v) is 7.13. The molecule has 0 unspecified atom stereocenters. The van der Waals surface area contributed by atoms with Crippen LogP contribution in [0, 0.1) is 5.82 Å². The van der Waals surface area contributed by atoms with Crippen LogP contribution in [-0.4, -0.2) is 37.9 Å². The molecule has 1 amide bonds. The Morgan fingerprint density at radius 2 is 1.76 bits per heavy atom. The number of aromatic hydroxyl groups is 2. The number of fused-ring (bicyclic) bond motifs is 1. The van der Waals surface area contributed by atoms with Crippen molar-refractivity contribution in [3.63, 3.8) is 0 Å². The molecule has 0 aliphatic carbocycles. The highest BCUT2D eigenvalue weighted by molar-refractivity contribution is 6.03. The predicted molar refractivity (Wildman–Crippen MR) is 153 cm³/mol. The van der Waals surface area contributed by atoms with Crippen molar-refractivity contribution in [3.8, 4) is 28.5 Å².